The Bertz CT molecular complexity index is 233. The lowest BCUT2D eigenvalue weighted by Crippen LogP contribution is -1.98. The van der Waals surface area contributed by atoms with Crippen LogP contribution in [-0.4, -0.2) is 0 Å². The predicted octanol–water partition coefficient (Wildman–Crippen LogP) is 3.67. The average Bonchev–Trinajstić information content (AvgIpc) is 2.08. The molecule has 0 fully saturated rings. The Morgan fingerprint density at radius 3 is 2.08 bits per heavy atom. The fraction of sp³-hybridized carbons (Fsp3) is 0.143. The summed E-state index contributed by atoms with van der Waals surface area (Å²) < 4.78 is 38.3. The van der Waals surface area contributed by atoms with Crippen molar-refractivity contribution in [3.8, 4) is 0 Å². The maximum Gasteiger partial charge on any atom is 0.181 e. The molecule has 0 heterocycles. The van der Waals surface area contributed by atoms with Crippen LogP contribution in [0.4, 0.5) is 13.2 Å². The second kappa shape index (κ2) is 3.41. The van der Waals surface area contributed by atoms with E-state index in [0.717, 1.165) is 0 Å². The molecular weight excluding hydrogens is 303 g/mol. The summed E-state index contributed by atoms with van der Waals surface area (Å²) >= 11 is 6.69. The fourth-order valence-corrected chi connectivity index (χ4v) is 1.41. The average molecular weight is 306 g/mol. The first-order valence-electron chi connectivity index (χ1n) is 2.94. The van der Waals surface area contributed by atoms with Crippen molar-refractivity contribution in [3.05, 3.63) is 31.6 Å². The Kier molecular flexibility index (Phi) is 2.88. The van der Waals surface area contributed by atoms with Crippen LogP contribution in [0.15, 0.2) is 0 Å². The number of rotatable bonds is 0. The van der Waals surface area contributed by atoms with Crippen molar-refractivity contribution in [2.24, 2.45) is 0 Å². The molecule has 0 unspecified atom stereocenters. The normalized spacial score (nSPS) is 10.5. The summed E-state index contributed by atoms with van der Waals surface area (Å²) in [5.41, 5.74) is 0.0273. The van der Waals surface area contributed by atoms with Crippen LogP contribution in [0, 0.1) is 27.9 Å². The molecule has 0 radical (unpaired) electrons. The standard InChI is InChI=1S/C7H3ClF3I/c1-2-4(9)3(8)5(10)6(11)7(2)12/h1H3. The van der Waals surface area contributed by atoms with E-state index in [-0.39, 0.29) is 9.13 Å². The molecule has 0 saturated heterocycles. The van der Waals surface area contributed by atoms with Crippen LogP contribution in [0.5, 0.6) is 0 Å². The van der Waals surface area contributed by atoms with Crippen LogP contribution in [-0.2, 0) is 0 Å². The van der Waals surface area contributed by atoms with Gasteiger partial charge < -0.3 is 0 Å². The van der Waals surface area contributed by atoms with E-state index in [0.29, 0.717) is 0 Å². The van der Waals surface area contributed by atoms with E-state index in [1.807, 2.05) is 0 Å². The Morgan fingerprint density at radius 2 is 1.58 bits per heavy atom. The lowest BCUT2D eigenvalue weighted by atomic mass is 10.2. The largest absolute Gasteiger partial charge is 0.205 e. The minimum Gasteiger partial charge on any atom is -0.205 e. The molecule has 0 atom stereocenters. The SMILES string of the molecule is Cc1c(F)c(Cl)c(F)c(F)c1I. The summed E-state index contributed by atoms with van der Waals surface area (Å²) in [4.78, 5) is 0. The van der Waals surface area contributed by atoms with Gasteiger partial charge in [-0.2, -0.15) is 0 Å². The van der Waals surface area contributed by atoms with Gasteiger partial charge in [-0.3, -0.25) is 0 Å². The molecular formula is C7H3ClF3I. The van der Waals surface area contributed by atoms with Crippen molar-refractivity contribution in [2.75, 3.05) is 0 Å². The molecule has 66 valence electrons. The van der Waals surface area contributed by atoms with Crippen LogP contribution in [0.2, 0.25) is 5.02 Å². The Hall–Kier alpha value is 0.0300. The van der Waals surface area contributed by atoms with Crippen LogP contribution < -0.4 is 0 Å². The molecule has 0 aliphatic rings. The van der Waals surface area contributed by atoms with Gasteiger partial charge in [0.05, 0.1) is 3.57 Å². The quantitative estimate of drug-likeness (QED) is 0.390. The van der Waals surface area contributed by atoms with Crippen LogP contribution in [0.1, 0.15) is 5.56 Å². The molecule has 0 spiro atoms. The molecule has 0 N–H and O–H groups in total. The van der Waals surface area contributed by atoms with Gasteiger partial charge in [-0.1, -0.05) is 11.6 Å². The summed E-state index contributed by atoms with van der Waals surface area (Å²) in [6, 6.07) is 0. The van der Waals surface area contributed by atoms with Crippen molar-refractivity contribution in [2.45, 2.75) is 6.92 Å². The molecule has 1 rings (SSSR count). The minimum absolute atomic E-state index is 0.0273. The number of hydrogen-bond acceptors (Lipinski definition) is 0. The van der Waals surface area contributed by atoms with E-state index in [1.54, 1.807) is 0 Å². The summed E-state index contributed by atoms with van der Waals surface area (Å²) in [7, 11) is 0. The monoisotopic (exact) mass is 306 g/mol. The van der Waals surface area contributed by atoms with Gasteiger partial charge in [-0.15, -0.1) is 0 Å². The molecule has 0 nitrogen and oxygen atoms in total. The zero-order chi connectivity index (χ0) is 9.46. The molecule has 1 aromatic carbocycles. The number of hydrogen-bond donors (Lipinski definition) is 0. The van der Waals surface area contributed by atoms with E-state index in [2.05, 4.69) is 0 Å². The fourth-order valence-electron chi connectivity index (χ4n) is 0.715. The molecule has 0 aliphatic heterocycles. The van der Waals surface area contributed by atoms with Crippen LogP contribution in [0.3, 0.4) is 0 Å². The van der Waals surface area contributed by atoms with E-state index < -0.39 is 22.5 Å². The third-order valence-electron chi connectivity index (χ3n) is 1.43. The molecule has 0 aromatic heterocycles. The van der Waals surface area contributed by atoms with Crippen molar-refractivity contribution in [3.63, 3.8) is 0 Å². The van der Waals surface area contributed by atoms with Gasteiger partial charge in [0.2, 0.25) is 0 Å². The van der Waals surface area contributed by atoms with Crippen molar-refractivity contribution in [1.82, 2.24) is 0 Å². The first kappa shape index (κ1) is 10.1. The smallest absolute Gasteiger partial charge is 0.181 e. The van der Waals surface area contributed by atoms with Gasteiger partial charge >= 0.3 is 0 Å². The highest BCUT2D eigenvalue weighted by Gasteiger charge is 2.19. The highest BCUT2D eigenvalue weighted by Crippen LogP contribution is 2.28. The summed E-state index contributed by atoms with van der Waals surface area (Å²) in [5, 5.41) is -0.787. The number of benzene rings is 1. The number of halogens is 5. The van der Waals surface area contributed by atoms with Crippen molar-refractivity contribution >= 4 is 34.2 Å². The first-order chi connectivity index (χ1) is 5.46. The van der Waals surface area contributed by atoms with Gasteiger partial charge in [0.1, 0.15) is 10.8 Å². The van der Waals surface area contributed by atoms with Crippen molar-refractivity contribution in [1.29, 1.82) is 0 Å². The Balaban J connectivity index is 3.60. The molecule has 5 heteroatoms. The summed E-state index contributed by atoms with van der Waals surface area (Å²) in [6.45, 7) is 1.34. The maximum absolute atomic E-state index is 12.9. The van der Waals surface area contributed by atoms with E-state index >= 15 is 0 Å². The Labute approximate surface area is 85.9 Å². The van der Waals surface area contributed by atoms with Gasteiger partial charge in [0, 0.05) is 5.56 Å². The second-order valence-electron chi connectivity index (χ2n) is 2.19. The third kappa shape index (κ3) is 1.42. The van der Waals surface area contributed by atoms with Crippen LogP contribution >= 0.6 is 34.2 Å². The lowest BCUT2D eigenvalue weighted by molar-refractivity contribution is 0.487. The van der Waals surface area contributed by atoms with E-state index in [9.17, 15) is 13.2 Å². The van der Waals surface area contributed by atoms with Crippen molar-refractivity contribution < 1.29 is 13.2 Å². The zero-order valence-corrected chi connectivity index (χ0v) is 8.80. The van der Waals surface area contributed by atoms with Gasteiger partial charge in [-0.05, 0) is 29.5 Å². The minimum atomic E-state index is -1.33. The predicted molar refractivity (Wildman–Crippen MR) is 48.8 cm³/mol. The molecule has 0 aliphatic carbocycles. The molecule has 12 heavy (non-hydrogen) atoms. The molecule has 0 amide bonds. The molecule has 0 saturated carbocycles. The van der Waals surface area contributed by atoms with Gasteiger partial charge in [0.25, 0.3) is 0 Å². The summed E-state index contributed by atoms with van der Waals surface area (Å²) in [5.74, 6) is -3.33. The van der Waals surface area contributed by atoms with Crippen LogP contribution in [0.25, 0.3) is 0 Å². The zero-order valence-electron chi connectivity index (χ0n) is 5.89. The Morgan fingerprint density at radius 1 is 1.08 bits per heavy atom. The highest BCUT2D eigenvalue weighted by molar-refractivity contribution is 14.1. The first-order valence-corrected chi connectivity index (χ1v) is 4.40. The second-order valence-corrected chi connectivity index (χ2v) is 3.65. The third-order valence-corrected chi connectivity index (χ3v) is 3.04. The topological polar surface area (TPSA) is 0 Å². The maximum atomic E-state index is 12.9. The molecule has 1 aromatic rings. The highest BCUT2D eigenvalue weighted by atomic mass is 127. The van der Waals surface area contributed by atoms with E-state index in [1.165, 1.54) is 29.5 Å². The summed E-state index contributed by atoms with van der Waals surface area (Å²) in [6.07, 6.45) is 0. The van der Waals surface area contributed by atoms with Gasteiger partial charge in [0.15, 0.2) is 11.6 Å². The van der Waals surface area contributed by atoms with E-state index in [4.69, 9.17) is 11.6 Å². The van der Waals surface area contributed by atoms with Gasteiger partial charge in [-0.25, -0.2) is 13.2 Å². The molecule has 0 bridgehead atoms. The lowest BCUT2D eigenvalue weighted by Gasteiger charge is -2.04.